The molecule has 0 bridgehead atoms. The van der Waals surface area contributed by atoms with E-state index in [-0.39, 0.29) is 36.8 Å². The Hall–Kier alpha value is -1.86. The normalized spacial score (nSPS) is 15.8. The lowest BCUT2D eigenvalue weighted by Crippen LogP contribution is -2.48. The fourth-order valence-corrected chi connectivity index (χ4v) is 3.51. The SMILES string of the molecule is CCN(CC)CCOc1ccc(C(=O)N2CCNCC2c2cccnc2)cc1.Cl.Cl. The zero-order chi connectivity index (χ0) is 19.8. The Morgan fingerprint density at radius 2 is 1.93 bits per heavy atom. The Morgan fingerprint density at radius 1 is 1.20 bits per heavy atom. The van der Waals surface area contributed by atoms with Gasteiger partial charge in [0, 0.05) is 44.1 Å². The zero-order valence-electron chi connectivity index (χ0n) is 17.6. The maximum absolute atomic E-state index is 13.1. The van der Waals surface area contributed by atoms with Gasteiger partial charge in [-0.2, -0.15) is 0 Å². The number of aromatic nitrogens is 1. The summed E-state index contributed by atoms with van der Waals surface area (Å²) in [6.07, 6.45) is 3.59. The van der Waals surface area contributed by atoms with Crippen molar-refractivity contribution in [3.8, 4) is 5.75 Å². The van der Waals surface area contributed by atoms with Crippen molar-refractivity contribution in [2.75, 3.05) is 45.9 Å². The van der Waals surface area contributed by atoms with Crippen molar-refractivity contribution in [3.63, 3.8) is 0 Å². The zero-order valence-corrected chi connectivity index (χ0v) is 19.3. The first-order valence-electron chi connectivity index (χ1n) is 10.1. The highest BCUT2D eigenvalue weighted by Crippen LogP contribution is 2.24. The molecule has 0 spiro atoms. The van der Waals surface area contributed by atoms with E-state index in [0.29, 0.717) is 18.7 Å². The molecule has 2 aromatic rings. The molecule has 1 fully saturated rings. The molecule has 3 rings (SSSR count). The molecule has 1 saturated heterocycles. The van der Waals surface area contributed by atoms with E-state index in [4.69, 9.17) is 4.74 Å². The minimum absolute atomic E-state index is 0. The Kier molecular flexibility index (Phi) is 11.7. The number of hydrogen-bond acceptors (Lipinski definition) is 5. The van der Waals surface area contributed by atoms with Gasteiger partial charge in [0.2, 0.25) is 0 Å². The number of nitrogens with zero attached hydrogens (tertiary/aromatic N) is 3. The Bertz CT molecular complexity index is 743. The van der Waals surface area contributed by atoms with E-state index in [9.17, 15) is 4.79 Å². The van der Waals surface area contributed by atoms with Crippen LogP contribution in [0.3, 0.4) is 0 Å². The highest BCUT2D eigenvalue weighted by Gasteiger charge is 2.28. The minimum atomic E-state index is -0.0000489. The van der Waals surface area contributed by atoms with Gasteiger partial charge in [-0.1, -0.05) is 19.9 Å². The Balaban J connectivity index is 0.00000225. The van der Waals surface area contributed by atoms with Gasteiger partial charge in [0.05, 0.1) is 6.04 Å². The molecule has 1 aliphatic heterocycles. The van der Waals surface area contributed by atoms with Crippen LogP contribution in [0, 0.1) is 0 Å². The predicted molar refractivity (Wildman–Crippen MR) is 125 cm³/mol. The lowest BCUT2D eigenvalue weighted by Gasteiger charge is -2.36. The van der Waals surface area contributed by atoms with Gasteiger partial charge in [-0.15, -0.1) is 24.8 Å². The van der Waals surface area contributed by atoms with Crippen molar-refractivity contribution < 1.29 is 9.53 Å². The third-order valence-electron chi connectivity index (χ3n) is 5.25. The summed E-state index contributed by atoms with van der Waals surface area (Å²) in [5.74, 6) is 0.845. The van der Waals surface area contributed by atoms with Gasteiger partial charge >= 0.3 is 0 Å². The van der Waals surface area contributed by atoms with Crippen molar-refractivity contribution in [2.24, 2.45) is 0 Å². The van der Waals surface area contributed by atoms with Crippen LogP contribution in [0.2, 0.25) is 0 Å². The third kappa shape index (κ3) is 6.84. The largest absolute Gasteiger partial charge is 0.492 e. The number of ether oxygens (including phenoxy) is 1. The molecule has 1 amide bonds. The first-order valence-corrected chi connectivity index (χ1v) is 10.1. The maximum Gasteiger partial charge on any atom is 0.254 e. The summed E-state index contributed by atoms with van der Waals surface area (Å²) in [6, 6.07) is 11.4. The van der Waals surface area contributed by atoms with E-state index in [1.54, 1.807) is 6.20 Å². The Labute approximate surface area is 191 Å². The quantitative estimate of drug-likeness (QED) is 0.661. The summed E-state index contributed by atoms with van der Waals surface area (Å²) in [6.45, 7) is 10.1. The summed E-state index contributed by atoms with van der Waals surface area (Å²) >= 11 is 0. The van der Waals surface area contributed by atoms with Crippen LogP contribution in [0.1, 0.15) is 35.8 Å². The molecule has 1 aromatic heterocycles. The molecule has 30 heavy (non-hydrogen) atoms. The monoisotopic (exact) mass is 454 g/mol. The second-order valence-electron chi connectivity index (χ2n) is 6.90. The van der Waals surface area contributed by atoms with Crippen LogP contribution in [-0.2, 0) is 0 Å². The van der Waals surface area contributed by atoms with Gasteiger partial charge in [0.15, 0.2) is 0 Å². The number of pyridine rings is 1. The van der Waals surface area contributed by atoms with E-state index in [2.05, 4.69) is 29.0 Å². The minimum Gasteiger partial charge on any atom is -0.492 e. The first-order chi connectivity index (χ1) is 13.7. The van der Waals surface area contributed by atoms with Crippen molar-refractivity contribution in [1.29, 1.82) is 0 Å². The average Bonchev–Trinajstić information content (AvgIpc) is 2.77. The van der Waals surface area contributed by atoms with Gasteiger partial charge in [0.25, 0.3) is 5.91 Å². The van der Waals surface area contributed by atoms with Crippen LogP contribution in [0.4, 0.5) is 0 Å². The van der Waals surface area contributed by atoms with Crippen molar-refractivity contribution >= 4 is 30.7 Å². The fourth-order valence-electron chi connectivity index (χ4n) is 3.51. The van der Waals surface area contributed by atoms with Crippen LogP contribution in [0.25, 0.3) is 0 Å². The van der Waals surface area contributed by atoms with Gasteiger partial charge in [0.1, 0.15) is 12.4 Å². The number of carbonyl (C=O) groups is 1. The molecule has 1 aromatic carbocycles. The third-order valence-corrected chi connectivity index (χ3v) is 5.25. The molecule has 8 heteroatoms. The van der Waals surface area contributed by atoms with E-state index < -0.39 is 0 Å². The predicted octanol–water partition coefficient (Wildman–Crippen LogP) is 3.43. The second kappa shape index (κ2) is 13.4. The van der Waals surface area contributed by atoms with Gasteiger partial charge in [-0.3, -0.25) is 9.78 Å². The van der Waals surface area contributed by atoms with Crippen LogP contribution < -0.4 is 10.1 Å². The van der Waals surface area contributed by atoms with Gasteiger partial charge in [-0.25, -0.2) is 0 Å². The van der Waals surface area contributed by atoms with Crippen LogP contribution >= 0.6 is 24.8 Å². The molecule has 0 saturated carbocycles. The number of rotatable bonds is 8. The summed E-state index contributed by atoms with van der Waals surface area (Å²) in [5, 5.41) is 3.37. The van der Waals surface area contributed by atoms with E-state index in [1.165, 1.54) is 0 Å². The molecule has 0 aliphatic carbocycles. The summed E-state index contributed by atoms with van der Waals surface area (Å²) in [4.78, 5) is 21.6. The number of halogens is 2. The van der Waals surface area contributed by atoms with Crippen molar-refractivity contribution in [1.82, 2.24) is 20.1 Å². The van der Waals surface area contributed by atoms with Crippen molar-refractivity contribution in [3.05, 3.63) is 59.9 Å². The van der Waals surface area contributed by atoms with Gasteiger partial charge in [-0.05, 0) is 49.0 Å². The number of amides is 1. The van der Waals surface area contributed by atoms with Crippen LogP contribution in [0.15, 0.2) is 48.8 Å². The lowest BCUT2D eigenvalue weighted by atomic mass is 10.0. The molecule has 1 atom stereocenters. The molecule has 6 nitrogen and oxygen atoms in total. The topological polar surface area (TPSA) is 57.7 Å². The Morgan fingerprint density at radius 3 is 2.57 bits per heavy atom. The summed E-state index contributed by atoms with van der Waals surface area (Å²) < 4.78 is 5.83. The molecule has 1 aliphatic rings. The molecular formula is C22H32Cl2N4O2. The van der Waals surface area contributed by atoms with Crippen LogP contribution in [-0.4, -0.2) is 66.6 Å². The summed E-state index contributed by atoms with van der Waals surface area (Å²) in [7, 11) is 0. The number of benzene rings is 1. The molecular weight excluding hydrogens is 423 g/mol. The molecule has 0 radical (unpaired) electrons. The van der Waals surface area contributed by atoms with Crippen molar-refractivity contribution in [2.45, 2.75) is 19.9 Å². The number of piperazine rings is 1. The molecule has 166 valence electrons. The smallest absolute Gasteiger partial charge is 0.254 e. The summed E-state index contributed by atoms with van der Waals surface area (Å²) in [5.41, 5.74) is 1.74. The standard InChI is InChI=1S/C22H30N4O2.2ClH/c1-3-25(4-2)14-15-28-20-9-7-18(8-10-20)22(27)26-13-12-24-17-21(26)19-6-5-11-23-16-19;;/h5-11,16,21,24H,3-4,12-15,17H2,1-2H3;2*1H. The number of likely N-dealkylation sites (N-methyl/N-ethyl adjacent to an activating group) is 1. The highest BCUT2D eigenvalue weighted by molar-refractivity contribution is 5.94. The molecule has 1 N–H and O–H groups in total. The van der Waals surface area contributed by atoms with Crippen LogP contribution in [0.5, 0.6) is 5.75 Å². The second-order valence-corrected chi connectivity index (χ2v) is 6.90. The number of nitrogens with one attached hydrogen (secondary N) is 1. The fraction of sp³-hybridized carbons (Fsp3) is 0.455. The molecule has 1 unspecified atom stereocenters. The maximum atomic E-state index is 13.1. The number of hydrogen-bond donors (Lipinski definition) is 1. The van der Waals surface area contributed by atoms with Gasteiger partial charge < -0.3 is 19.9 Å². The molecule has 2 heterocycles. The van der Waals surface area contributed by atoms with E-state index in [1.807, 2.05) is 47.5 Å². The highest BCUT2D eigenvalue weighted by atomic mass is 35.5. The number of carbonyl (C=O) groups excluding carboxylic acids is 1. The van der Waals surface area contributed by atoms with E-state index in [0.717, 1.165) is 44.0 Å². The average molecular weight is 455 g/mol. The first kappa shape index (κ1) is 26.2. The van der Waals surface area contributed by atoms with E-state index >= 15 is 0 Å². The lowest BCUT2D eigenvalue weighted by molar-refractivity contribution is 0.0634.